The molecule has 0 unspecified atom stereocenters. The number of urea groups is 1. The molecule has 0 saturated carbocycles. The molecule has 2 aliphatic heterocycles. The number of amides is 4. The zero-order chi connectivity index (χ0) is 20.6. The third-order valence-corrected chi connectivity index (χ3v) is 5.68. The van der Waals surface area contributed by atoms with Crippen LogP contribution in [0.3, 0.4) is 0 Å². The van der Waals surface area contributed by atoms with Gasteiger partial charge in [0.05, 0.1) is 13.1 Å². The molecular formula is C23H25N3O3. The van der Waals surface area contributed by atoms with Gasteiger partial charge in [0.1, 0.15) is 5.54 Å². The molecule has 2 heterocycles. The Morgan fingerprint density at radius 3 is 2.45 bits per heavy atom. The third-order valence-electron chi connectivity index (χ3n) is 5.68. The summed E-state index contributed by atoms with van der Waals surface area (Å²) in [4.78, 5) is 41.9. The number of hydrogen-bond acceptors (Lipinski definition) is 3. The minimum atomic E-state index is -1.03. The van der Waals surface area contributed by atoms with E-state index < -0.39 is 5.54 Å². The van der Waals surface area contributed by atoms with Gasteiger partial charge in [0.15, 0.2) is 0 Å². The molecule has 2 saturated heterocycles. The number of nitrogens with zero attached hydrogens (tertiary/aromatic N) is 2. The lowest BCUT2D eigenvalue weighted by Gasteiger charge is -2.38. The Hall–Kier alpha value is -3.15. The Balaban J connectivity index is 1.54. The first kappa shape index (κ1) is 19.2. The Kier molecular flexibility index (Phi) is 4.86. The van der Waals surface area contributed by atoms with Crippen LogP contribution in [0.5, 0.6) is 0 Å². The number of piperidine rings is 1. The van der Waals surface area contributed by atoms with Crippen molar-refractivity contribution in [2.75, 3.05) is 13.1 Å². The van der Waals surface area contributed by atoms with Gasteiger partial charge in [-0.1, -0.05) is 47.5 Å². The molecule has 150 valence electrons. The van der Waals surface area contributed by atoms with Gasteiger partial charge < -0.3 is 10.2 Å². The monoisotopic (exact) mass is 391 g/mol. The van der Waals surface area contributed by atoms with E-state index in [0.29, 0.717) is 24.9 Å². The Labute approximate surface area is 170 Å². The summed E-state index contributed by atoms with van der Waals surface area (Å²) in [6, 6.07) is 14.8. The van der Waals surface area contributed by atoms with E-state index in [1.807, 2.05) is 62.4 Å². The standard InChI is InChI=1S/C23H25N3O3/c1-16-11-17(2)13-19(12-16)20(27)25-10-6-9-23(15-25)21(28)26(22(29)24-23)14-18-7-4-3-5-8-18/h3-5,7-8,11-13H,6,9-10,14-15H2,1-2H3,(H,24,29)/t23-/m0/s1. The van der Waals surface area contributed by atoms with Gasteiger partial charge in [0.2, 0.25) is 0 Å². The fourth-order valence-electron chi connectivity index (χ4n) is 4.37. The van der Waals surface area contributed by atoms with Crippen molar-refractivity contribution in [3.8, 4) is 0 Å². The fourth-order valence-corrected chi connectivity index (χ4v) is 4.37. The largest absolute Gasteiger partial charge is 0.336 e. The molecular weight excluding hydrogens is 366 g/mol. The number of carbonyl (C=O) groups is 3. The lowest BCUT2D eigenvalue weighted by atomic mass is 9.88. The number of hydrogen-bond donors (Lipinski definition) is 1. The molecule has 4 rings (SSSR count). The first-order valence-electron chi connectivity index (χ1n) is 9.94. The van der Waals surface area contributed by atoms with E-state index in [4.69, 9.17) is 0 Å². The predicted octanol–water partition coefficient (Wildman–Crippen LogP) is 3.03. The molecule has 6 heteroatoms. The Morgan fingerprint density at radius 2 is 1.76 bits per heavy atom. The number of benzene rings is 2. The molecule has 2 aliphatic rings. The van der Waals surface area contributed by atoms with E-state index in [1.54, 1.807) is 4.90 Å². The van der Waals surface area contributed by atoms with Gasteiger partial charge in [-0.05, 0) is 44.4 Å². The van der Waals surface area contributed by atoms with Crippen molar-refractivity contribution < 1.29 is 14.4 Å². The molecule has 2 fully saturated rings. The summed E-state index contributed by atoms with van der Waals surface area (Å²) >= 11 is 0. The molecule has 1 N–H and O–H groups in total. The van der Waals surface area contributed by atoms with Crippen LogP contribution in [0.2, 0.25) is 0 Å². The molecule has 6 nitrogen and oxygen atoms in total. The van der Waals surface area contributed by atoms with Crippen LogP contribution in [0.25, 0.3) is 0 Å². The summed E-state index contributed by atoms with van der Waals surface area (Å²) in [6.07, 6.45) is 1.21. The first-order valence-corrected chi connectivity index (χ1v) is 9.94. The average Bonchev–Trinajstić information content (AvgIpc) is 2.91. The highest BCUT2D eigenvalue weighted by atomic mass is 16.2. The number of nitrogens with one attached hydrogen (secondary N) is 1. The van der Waals surface area contributed by atoms with Gasteiger partial charge >= 0.3 is 6.03 Å². The van der Waals surface area contributed by atoms with Crippen molar-refractivity contribution in [3.63, 3.8) is 0 Å². The van der Waals surface area contributed by atoms with Crippen LogP contribution in [0, 0.1) is 13.8 Å². The van der Waals surface area contributed by atoms with Crippen molar-refractivity contribution >= 4 is 17.8 Å². The topological polar surface area (TPSA) is 69.7 Å². The van der Waals surface area contributed by atoms with E-state index in [2.05, 4.69) is 5.32 Å². The number of carbonyl (C=O) groups excluding carboxylic acids is 3. The fraction of sp³-hybridized carbons (Fsp3) is 0.348. The Bertz CT molecular complexity index is 952. The predicted molar refractivity (Wildman–Crippen MR) is 109 cm³/mol. The van der Waals surface area contributed by atoms with E-state index in [-0.39, 0.29) is 30.9 Å². The van der Waals surface area contributed by atoms with Crippen LogP contribution < -0.4 is 5.32 Å². The molecule has 0 aliphatic carbocycles. The van der Waals surface area contributed by atoms with Crippen LogP contribution in [0.15, 0.2) is 48.5 Å². The molecule has 0 radical (unpaired) electrons. The molecule has 1 spiro atoms. The average molecular weight is 391 g/mol. The van der Waals surface area contributed by atoms with Crippen molar-refractivity contribution in [2.45, 2.75) is 38.8 Å². The number of likely N-dealkylation sites (tertiary alicyclic amines) is 1. The zero-order valence-electron chi connectivity index (χ0n) is 16.8. The lowest BCUT2D eigenvalue weighted by Crippen LogP contribution is -2.59. The zero-order valence-corrected chi connectivity index (χ0v) is 16.8. The van der Waals surface area contributed by atoms with Gasteiger partial charge in [-0.15, -0.1) is 0 Å². The van der Waals surface area contributed by atoms with Gasteiger partial charge in [0, 0.05) is 12.1 Å². The number of rotatable bonds is 3. The second-order valence-corrected chi connectivity index (χ2v) is 8.10. The van der Waals surface area contributed by atoms with Crippen LogP contribution in [-0.2, 0) is 11.3 Å². The van der Waals surface area contributed by atoms with Crippen LogP contribution in [0.1, 0.15) is 39.9 Å². The second-order valence-electron chi connectivity index (χ2n) is 8.10. The Morgan fingerprint density at radius 1 is 1.07 bits per heavy atom. The highest BCUT2D eigenvalue weighted by Crippen LogP contribution is 2.30. The van der Waals surface area contributed by atoms with Crippen molar-refractivity contribution in [3.05, 3.63) is 70.8 Å². The highest BCUT2D eigenvalue weighted by Gasteiger charge is 2.53. The highest BCUT2D eigenvalue weighted by molar-refractivity contribution is 6.07. The van der Waals surface area contributed by atoms with Gasteiger partial charge in [-0.2, -0.15) is 0 Å². The van der Waals surface area contributed by atoms with E-state index >= 15 is 0 Å². The SMILES string of the molecule is Cc1cc(C)cc(C(=O)N2CCC[C@@]3(C2)NC(=O)N(Cc2ccccc2)C3=O)c1. The summed E-state index contributed by atoms with van der Waals surface area (Å²) < 4.78 is 0. The van der Waals surface area contributed by atoms with E-state index in [1.165, 1.54) is 4.90 Å². The minimum Gasteiger partial charge on any atom is -0.336 e. The molecule has 0 aromatic heterocycles. The van der Waals surface area contributed by atoms with E-state index in [0.717, 1.165) is 16.7 Å². The second kappa shape index (κ2) is 7.35. The van der Waals surface area contributed by atoms with Gasteiger partial charge in [-0.25, -0.2) is 4.79 Å². The molecule has 2 aromatic carbocycles. The summed E-state index contributed by atoms with van der Waals surface area (Å²) in [7, 11) is 0. The van der Waals surface area contributed by atoms with E-state index in [9.17, 15) is 14.4 Å². The summed E-state index contributed by atoms with van der Waals surface area (Å²) in [5.41, 5.74) is 2.54. The molecule has 4 amide bonds. The van der Waals surface area contributed by atoms with Gasteiger partial charge in [-0.3, -0.25) is 14.5 Å². The molecule has 29 heavy (non-hydrogen) atoms. The first-order chi connectivity index (χ1) is 13.9. The number of aryl methyl sites for hydroxylation is 2. The number of imide groups is 1. The molecule has 0 bridgehead atoms. The quantitative estimate of drug-likeness (QED) is 0.818. The van der Waals surface area contributed by atoms with Crippen LogP contribution in [-0.4, -0.2) is 46.3 Å². The van der Waals surface area contributed by atoms with Crippen molar-refractivity contribution in [1.82, 2.24) is 15.1 Å². The van der Waals surface area contributed by atoms with Crippen molar-refractivity contribution in [1.29, 1.82) is 0 Å². The van der Waals surface area contributed by atoms with Crippen LogP contribution in [0.4, 0.5) is 4.79 Å². The van der Waals surface area contributed by atoms with Crippen molar-refractivity contribution in [2.24, 2.45) is 0 Å². The summed E-state index contributed by atoms with van der Waals surface area (Å²) in [6.45, 7) is 4.94. The molecule has 1 atom stereocenters. The molecule has 2 aromatic rings. The summed E-state index contributed by atoms with van der Waals surface area (Å²) in [5, 5.41) is 2.89. The maximum Gasteiger partial charge on any atom is 0.325 e. The van der Waals surface area contributed by atoms with Gasteiger partial charge in [0.25, 0.3) is 11.8 Å². The summed E-state index contributed by atoms with van der Waals surface area (Å²) in [5.74, 6) is -0.344. The maximum absolute atomic E-state index is 13.2. The third kappa shape index (κ3) is 3.62. The minimum absolute atomic E-state index is 0.0977. The lowest BCUT2D eigenvalue weighted by molar-refractivity contribution is -0.133. The van der Waals surface area contributed by atoms with Crippen LogP contribution >= 0.6 is 0 Å². The smallest absolute Gasteiger partial charge is 0.325 e. The normalized spacial score (nSPS) is 21.6. The maximum atomic E-state index is 13.2.